The summed E-state index contributed by atoms with van der Waals surface area (Å²) in [7, 11) is 0. The summed E-state index contributed by atoms with van der Waals surface area (Å²) in [6.07, 6.45) is 0.929. The standard InChI is InChI=1S/C12H16BrNO/c1-9(13)8-10(2)14-12(15)11-6-4-3-5-7-11/h3-7,9-10H,8H2,1-2H3,(H,14,15). The molecule has 1 amide bonds. The fourth-order valence-electron chi connectivity index (χ4n) is 1.44. The molecule has 0 saturated heterocycles. The molecule has 0 aliphatic rings. The molecule has 0 bridgehead atoms. The predicted octanol–water partition coefficient (Wildman–Crippen LogP) is 2.98. The Kier molecular flexibility index (Phi) is 4.82. The Labute approximate surface area is 99.2 Å². The highest BCUT2D eigenvalue weighted by atomic mass is 79.9. The highest BCUT2D eigenvalue weighted by Gasteiger charge is 2.10. The topological polar surface area (TPSA) is 29.1 Å². The minimum absolute atomic E-state index is 0.00347. The number of alkyl halides is 1. The van der Waals surface area contributed by atoms with Crippen LogP contribution < -0.4 is 5.32 Å². The van der Waals surface area contributed by atoms with E-state index in [4.69, 9.17) is 0 Å². The molecule has 0 heterocycles. The molecule has 2 unspecified atom stereocenters. The Morgan fingerprint density at radius 2 is 1.93 bits per heavy atom. The van der Waals surface area contributed by atoms with Gasteiger partial charge < -0.3 is 5.32 Å². The maximum absolute atomic E-state index is 11.7. The maximum Gasteiger partial charge on any atom is 0.251 e. The van der Waals surface area contributed by atoms with Crippen molar-refractivity contribution in [2.75, 3.05) is 0 Å². The number of hydrogen-bond donors (Lipinski definition) is 1. The summed E-state index contributed by atoms with van der Waals surface area (Å²) in [5.41, 5.74) is 0.714. The van der Waals surface area contributed by atoms with E-state index in [2.05, 4.69) is 28.2 Å². The number of hydrogen-bond acceptors (Lipinski definition) is 1. The molecule has 0 aromatic heterocycles. The van der Waals surface area contributed by atoms with Gasteiger partial charge >= 0.3 is 0 Å². The average molecular weight is 270 g/mol. The lowest BCUT2D eigenvalue weighted by Crippen LogP contribution is -2.33. The lowest BCUT2D eigenvalue weighted by atomic mass is 10.1. The van der Waals surface area contributed by atoms with E-state index in [-0.39, 0.29) is 11.9 Å². The van der Waals surface area contributed by atoms with Gasteiger partial charge in [0.05, 0.1) is 0 Å². The van der Waals surface area contributed by atoms with Crippen molar-refractivity contribution in [3.63, 3.8) is 0 Å². The quantitative estimate of drug-likeness (QED) is 0.837. The fourth-order valence-corrected chi connectivity index (χ4v) is 2.00. The number of benzene rings is 1. The second-order valence-corrected chi connectivity index (χ2v) is 5.32. The van der Waals surface area contributed by atoms with Crippen LogP contribution in [0.15, 0.2) is 30.3 Å². The minimum atomic E-state index is -0.00347. The van der Waals surface area contributed by atoms with Gasteiger partial charge in [0.15, 0.2) is 0 Å². The highest BCUT2D eigenvalue weighted by molar-refractivity contribution is 9.09. The van der Waals surface area contributed by atoms with E-state index in [1.54, 1.807) is 0 Å². The van der Waals surface area contributed by atoms with Gasteiger partial charge in [-0.2, -0.15) is 0 Å². The molecule has 1 N–H and O–H groups in total. The molecule has 0 fully saturated rings. The predicted molar refractivity (Wildman–Crippen MR) is 66.4 cm³/mol. The second kappa shape index (κ2) is 5.91. The van der Waals surface area contributed by atoms with Gasteiger partial charge in [0.2, 0.25) is 0 Å². The lowest BCUT2D eigenvalue weighted by molar-refractivity contribution is 0.0938. The van der Waals surface area contributed by atoms with Crippen LogP contribution in [-0.4, -0.2) is 16.8 Å². The third-order valence-corrected chi connectivity index (χ3v) is 2.47. The van der Waals surface area contributed by atoms with Crippen molar-refractivity contribution in [3.05, 3.63) is 35.9 Å². The Hall–Kier alpha value is -0.830. The summed E-state index contributed by atoms with van der Waals surface area (Å²) in [6, 6.07) is 9.46. The van der Waals surface area contributed by atoms with Gasteiger partial charge in [-0.15, -0.1) is 0 Å². The van der Waals surface area contributed by atoms with Crippen LogP contribution in [0.1, 0.15) is 30.6 Å². The van der Waals surface area contributed by atoms with Gasteiger partial charge in [-0.25, -0.2) is 0 Å². The first kappa shape index (κ1) is 12.2. The summed E-state index contributed by atoms with van der Waals surface area (Å²) in [6.45, 7) is 4.09. The fraction of sp³-hybridized carbons (Fsp3) is 0.417. The highest BCUT2D eigenvalue weighted by Crippen LogP contribution is 2.07. The van der Waals surface area contributed by atoms with Crippen molar-refractivity contribution in [2.24, 2.45) is 0 Å². The summed E-state index contributed by atoms with van der Waals surface area (Å²) in [5, 5.41) is 2.96. The number of carbonyl (C=O) groups is 1. The molecule has 3 heteroatoms. The molecular weight excluding hydrogens is 254 g/mol. The summed E-state index contributed by atoms with van der Waals surface area (Å²) >= 11 is 3.47. The molecule has 82 valence electrons. The van der Waals surface area contributed by atoms with E-state index in [9.17, 15) is 4.79 Å². The van der Waals surface area contributed by atoms with E-state index in [0.717, 1.165) is 6.42 Å². The Morgan fingerprint density at radius 3 is 2.47 bits per heavy atom. The van der Waals surface area contributed by atoms with Crippen molar-refractivity contribution >= 4 is 21.8 Å². The smallest absolute Gasteiger partial charge is 0.251 e. The lowest BCUT2D eigenvalue weighted by Gasteiger charge is -2.15. The van der Waals surface area contributed by atoms with Crippen molar-refractivity contribution in [1.29, 1.82) is 0 Å². The van der Waals surface area contributed by atoms with E-state index in [1.807, 2.05) is 37.3 Å². The number of rotatable bonds is 4. The normalized spacial score (nSPS) is 14.3. The Bertz CT molecular complexity index is 311. The van der Waals surface area contributed by atoms with Gasteiger partial charge in [-0.1, -0.05) is 41.1 Å². The Balaban J connectivity index is 2.49. The van der Waals surface area contributed by atoms with E-state index < -0.39 is 0 Å². The first-order valence-corrected chi connectivity index (χ1v) is 6.01. The molecule has 2 nitrogen and oxygen atoms in total. The minimum Gasteiger partial charge on any atom is -0.350 e. The van der Waals surface area contributed by atoms with Crippen LogP contribution in [0.2, 0.25) is 0 Å². The van der Waals surface area contributed by atoms with Gasteiger partial charge in [-0.3, -0.25) is 4.79 Å². The van der Waals surface area contributed by atoms with Gasteiger partial charge in [-0.05, 0) is 25.5 Å². The molecule has 2 atom stereocenters. The molecule has 1 aromatic carbocycles. The van der Waals surface area contributed by atoms with Crippen LogP contribution in [0.4, 0.5) is 0 Å². The van der Waals surface area contributed by atoms with Gasteiger partial charge in [0.25, 0.3) is 5.91 Å². The zero-order valence-corrected chi connectivity index (χ0v) is 10.6. The van der Waals surface area contributed by atoms with Crippen LogP contribution in [0.3, 0.4) is 0 Å². The molecule has 0 saturated carbocycles. The van der Waals surface area contributed by atoms with Crippen molar-refractivity contribution < 1.29 is 4.79 Å². The molecular formula is C12H16BrNO. The van der Waals surface area contributed by atoms with E-state index >= 15 is 0 Å². The van der Waals surface area contributed by atoms with Gasteiger partial charge in [0.1, 0.15) is 0 Å². The van der Waals surface area contributed by atoms with E-state index in [1.165, 1.54) is 0 Å². The molecule has 0 aliphatic carbocycles. The van der Waals surface area contributed by atoms with Crippen molar-refractivity contribution in [3.8, 4) is 0 Å². The SMILES string of the molecule is CC(Br)CC(C)NC(=O)c1ccccc1. The average Bonchev–Trinajstić information content (AvgIpc) is 2.17. The third kappa shape index (κ3) is 4.47. The molecule has 1 rings (SSSR count). The third-order valence-electron chi connectivity index (χ3n) is 2.09. The molecule has 0 aliphatic heterocycles. The monoisotopic (exact) mass is 269 g/mol. The largest absolute Gasteiger partial charge is 0.350 e. The Morgan fingerprint density at radius 1 is 1.33 bits per heavy atom. The molecule has 0 spiro atoms. The number of carbonyl (C=O) groups excluding carboxylic acids is 1. The van der Waals surface area contributed by atoms with Crippen LogP contribution in [0.25, 0.3) is 0 Å². The van der Waals surface area contributed by atoms with Crippen LogP contribution >= 0.6 is 15.9 Å². The summed E-state index contributed by atoms with van der Waals surface area (Å²) in [5.74, 6) is -0.00347. The number of halogens is 1. The zero-order chi connectivity index (χ0) is 11.3. The molecule has 1 aromatic rings. The summed E-state index contributed by atoms with van der Waals surface area (Å²) in [4.78, 5) is 12.1. The first-order chi connectivity index (χ1) is 7.09. The zero-order valence-electron chi connectivity index (χ0n) is 9.03. The maximum atomic E-state index is 11.7. The summed E-state index contributed by atoms with van der Waals surface area (Å²) < 4.78 is 0. The number of nitrogens with one attached hydrogen (secondary N) is 1. The first-order valence-electron chi connectivity index (χ1n) is 5.09. The van der Waals surface area contributed by atoms with E-state index in [0.29, 0.717) is 10.4 Å². The molecule has 15 heavy (non-hydrogen) atoms. The van der Waals surface area contributed by atoms with Crippen LogP contribution in [0.5, 0.6) is 0 Å². The van der Waals surface area contributed by atoms with Crippen LogP contribution in [-0.2, 0) is 0 Å². The van der Waals surface area contributed by atoms with Crippen molar-refractivity contribution in [1.82, 2.24) is 5.32 Å². The van der Waals surface area contributed by atoms with Crippen molar-refractivity contribution in [2.45, 2.75) is 31.1 Å². The number of amides is 1. The van der Waals surface area contributed by atoms with Crippen LogP contribution in [0, 0.1) is 0 Å². The van der Waals surface area contributed by atoms with Gasteiger partial charge in [0, 0.05) is 16.4 Å². The molecule has 0 radical (unpaired) electrons. The second-order valence-electron chi connectivity index (χ2n) is 3.76.